The molecule has 8 heteroatoms. The average Bonchev–Trinajstić information content (AvgIpc) is 3.24. The number of phenols is 1. The molecule has 59 heavy (non-hydrogen) atoms. The molecule has 6 aromatic rings. The third kappa shape index (κ3) is 11.3. The van der Waals surface area contributed by atoms with Crippen LogP contribution < -0.4 is 14.2 Å². The molecule has 2 atom stereocenters. The van der Waals surface area contributed by atoms with Gasteiger partial charge in [0.05, 0.1) is 27.9 Å². The van der Waals surface area contributed by atoms with Crippen LogP contribution in [-0.4, -0.2) is 50.1 Å². The van der Waals surface area contributed by atoms with Gasteiger partial charge >= 0.3 is 11.9 Å². The van der Waals surface area contributed by atoms with Crippen LogP contribution in [-0.2, 0) is 14.3 Å². The molecule has 2 unspecified atom stereocenters. The van der Waals surface area contributed by atoms with E-state index < -0.39 is 5.97 Å². The van der Waals surface area contributed by atoms with Crippen LogP contribution in [0, 0.1) is 13.8 Å². The molecule has 0 aliphatic carbocycles. The molecule has 6 rings (SSSR count). The normalized spacial score (nSPS) is 12.0. The monoisotopic (exact) mass is 798 g/mol. The first-order valence-electron chi connectivity index (χ1n) is 20.5. The smallest absolute Gasteiger partial charge is 0.305 e. The quantitative estimate of drug-likeness (QED) is 0.0653. The van der Waals surface area contributed by atoms with E-state index in [1.165, 1.54) is 22.3 Å². The molecule has 6 aromatic carbocycles. The summed E-state index contributed by atoms with van der Waals surface area (Å²) in [5, 5.41) is 23.2. The Kier molecular flexibility index (Phi) is 16.2. The first-order chi connectivity index (χ1) is 28.6. The van der Waals surface area contributed by atoms with E-state index in [9.17, 15) is 14.7 Å². The number of unbranched alkanes of at least 4 members (excludes halogenated alkanes) is 2. The van der Waals surface area contributed by atoms with Gasteiger partial charge in [-0.25, -0.2) is 0 Å². The van der Waals surface area contributed by atoms with Crippen molar-refractivity contribution in [3.63, 3.8) is 0 Å². The summed E-state index contributed by atoms with van der Waals surface area (Å²) in [6, 6.07) is 36.5. The van der Waals surface area contributed by atoms with Gasteiger partial charge in [-0.2, -0.15) is 0 Å². The standard InChI is InChI=1S/C26H30O4.C25H28O4/c1-4-30-24(28)12-8-7-10-22(19-13-15-21(27)16-14-19)25-18(2)17-20-9-5-6-11-23(20)26(25)29-3;1-17-16-19-8-4-5-10-22(19)25(29-3)24(17)21(9-6-7-11-23(26)27)18-12-14-20(28-2)15-13-18/h5-6,9,11,13-17,22,27H,4,7-8,10,12H2,1-3H3;4-5,8,10,12-16,21H,6-7,9,11H2,1-3H3,(H,26,27). The highest BCUT2D eigenvalue weighted by Gasteiger charge is 2.24. The predicted octanol–water partition coefficient (Wildman–Crippen LogP) is 12.1. The number of carboxylic acid groups (broad SMARTS) is 1. The highest BCUT2D eigenvalue weighted by Crippen LogP contribution is 2.44. The zero-order chi connectivity index (χ0) is 42.3. The van der Waals surface area contributed by atoms with E-state index in [0.29, 0.717) is 19.4 Å². The van der Waals surface area contributed by atoms with Crippen LogP contribution in [0.4, 0.5) is 0 Å². The maximum atomic E-state index is 11.7. The number of carbonyl (C=O) groups excluding carboxylic acids is 1. The number of aliphatic carboxylic acids is 1. The molecular formula is C51H58O8. The third-order valence-electron chi connectivity index (χ3n) is 11.0. The Morgan fingerprint density at radius 2 is 1.05 bits per heavy atom. The predicted molar refractivity (Wildman–Crippen MR) is 236 cm³/mol. The summed E-state index contributed by atoms with van der Waals surface area (Å²) in [7, 11) is 5.11. The summed E-state index contributed by atoms with van der Waals surface area (Å²) >= 11 is 0. The molecule has 0 fully saturated rings. The molecule has 0 spiro atoms. The van der Waals surface area contributed by atoms with E-state index in [-0.39, 0.29) is 30.0 Å². The number of methoxy groups -OCH3 is 3. The first-order valence-corrected chi connectivity index (χ1v) is 20.5. The number of carboxylic acids is 1. The molecule has 0 bridgehead atoms. The fourth-order valence-electron chi connectivity index (χ4n) is 8.21. The van der Waals surface area contributed by atoms with Crippen LogP contribution in [0.15, 0.2) is 109 Å². The number of phenolic OH excluding ortho intramolecular Hbond substituents is 1. The summed E-state index contributed by atoms with van der Waals surface area (Å²) in [4.78, 5) is 22.6. The van der Waals surface area contributed by atoms with Gasteiger partial charge in [-0.05, 0) is 104 Å². The van der Waals surface area contributed by atoms with Gasteiger partial charge < -0.3 is 29.2 Å². The molecule has 0 aliphatic rings. The summed E-state index contributed by atoms with van der Waals surface area (Å²) in [6.45, 7) is 6.49. The van der Waals surface area contributed by atoms with Crippen molar-refractivity contribution in [2.24, 2.45) is 0 Å². The highest BCUT2D eigenvalue weighted by atomic mass is 16.5. The van der Waals surface area contributed by atoms with Crippen molar-refractivity contribution in [2.75, 3.05) is 27.9 Å². The molecule has 310 valence electrons. The largest absolute Gasteiger partial charge is 0.508 e. The van der Waals surface area contributed by atoms with Crippen molar-refractivity contribution in [1.82, 2.24) is 0 Å². The number of hydrogen-bond acceptors (Lipinski definition) is 7. The fourth-order valence-corrected chi connectivity index (χ4v) is 8.21. The highest BCUT2D eigenvalue weighted by molar-refractivity contribution is 5.92. The maximum Gasteiger partial charge on any atom is 0.305 e. The van der Waals surface area contributed by atoms with Gasteiger partial charge in [0, 0.05) is 46.6 Å². The topological polar surface area (TPSA) is 112 Å². The van der Waals surface area contributed by atoms with Crippen LogP contribution in [0.1, 0.15) is 104 Å². The average molecular weight is 799 g/mol. The van der Waals surface area contributed by atoms with Crippen molar-refractivity contribution < 1.29 is 38.7 Å². The summed E-state index contributed by atoms with van der Waals surface area (Å²) < 4.78 is 22.2. The van der Waals surface area contributed by atoms with Crippen molar-refractivity contribution in [1.29, 1.82) is 0 Å². The van der Waals surface area contributed by atoms with E-state index in [1.807, 2.05) is 55.5 Å². The fraction of sp³-hybridized carbons (Fsp3) is 0.333. The Morgan fingerprint density at radius 1 is 0.593 bits per heavy atom. The van der Waals surface area contributed by atoms with E-state index in [1.54, 1.807) is 33.5 Å². The van der Waals surface area contributed by atoms with E-state index in [0.717, 1.165) is 82.0 Å². The Morgan fingerprint density at radius 3 is 1.49 bits per heavy atom. The van der Waals surface area contributed by atoms with Crippen LogP contribution in [0.5, 0.6) is 23.0 Å². The van der Waals surface area contributed by atoms with Gasteiger partial charge in [-0.3, -0.25) is 9.59 Å². The Balaban J connectivity index is 0.000000224. The second kappa shape index (κ2) is 21.7. The van der Waals surface area contributed by atoms with Gasteiger partial charge in [-0.1, -0.05) is 97.8 Å². The number of ether oxygens (including phenoxy) is 4. The van der Waals surface area contributed by atoms with Crippen molar-refractivity contribution in [2.45, 2.75) is 84.0 Å². The van der Waals surface area contributed by atoms with Gasteiger partial charge in [-0.15, -0.1) is 0 Å². The minimum Gasteiger partial charge on any atom is -0.508 e. The van der Waals surface area contributed by atoms with Crippen LogP contribution in [0.25, 0.3) is 21.5 Å². The van der Waals surface area contributed by atoms with E-state index >= 15 is 0 Å². The lowest BCUT2D eigenvalue weighted by Crippen LogP contribution is -2.08. The molecule has 0 saturated carbocycles. The van der Waals surface area contributed by atoms with Gasteiger partial charge in [0.25, 0.3) is 0 Å². The van der Waals surface area contributed by atoms with Crippen molar-refractivity contribution in [3.05, 3.63) is 143 Å². The Bertz CT molecular complexity index is 2300. The Hall–Kier alpha value is -6.02. The maximum absolute atomic E-state index is 11.7. The number of hydrogen-bond donors (Lipinski definition) is 2. The van der Waals surface area contributed by atoms with Gasteiger partial charge in [0.15, 0.2) is 0 Å². The number of esters is 1. The minimum absolute atomic E-state index is 0.104. The van der Waals surface area contributed by atoms with Crippen molar-refractivity contribution >= 4 is 33.5 Å². The second-order valence-corrected chi connectivity index (χ2v) is 14.9. The number of aryl methyl sites for hydroxylation is 2. The molecular weight excluding hydrogens is 741 g/mol. The van der Waals surface area contributed by atoms with Crippen LogP contribution in [0.3, 0.4) is 0 Å². The molecule has 8 nitrogen and oxygen atoms in total. The SMILES string of the molecule is CCOC(=O)CCCCC(c1ccc(O)cc1)c1c(C)cc2ccccc2c1OC.COc1ccc(C(CCCCC(=O)O)c2c(C)cc3ccccc3c2OC)cc1. The molecule has 2 N–H and O–H groups in total. The number of rotatable bonds is 18. The minimum atomic E-state index is -0.745. The third-order valence-corrected chi connectivity index (χ3v) is 11.0. The summed E-state index contributed by atoms with van der Waals surface area (Å²) in [6.07, 6.45) is 5.53. The summed E-state index contributed by atoms with van der Waals surface area (Å²) in [5.41, 5.74) is 7.00. The zero-order valence-electron chi connectivity index (χ0n) is 35.3. The summed E-state index contributed by atoms with van der Waals surface area (Å²) in [5.74, 6) is 2.21. The number of carbonyl (C=O) groups is 2. The number of aromatic hydroxyl groups is 1. The second-order valence-electron chi connectivity index (χ2n) is 14.9. The number of benzene rings is 6. The molecule has 0 amide bonds. The lowest BCUT2D eigenvalue weighted by molar-refractivity contribution is -0.143. The zero-order valence-corrected chi connectivity index (χ0v) is 35.3. The Labute approximate surface area is 348 Å². The lowest BCUT2D eigenvalue weighted by Gasteiger charge is -2.24. The van der Waals surface area contributed by atoms with E-state index in [4.69, 9.17) is 24.1 Å². The van der Waals surface area contributed by atoms with Gasteiger partial charge in [0.2, 0.25) is 0 Å². The molecule has 0 saturated heterocycles. The van der Waals surface area contributed by atoms with Crippen LogP contribution >= 0.6 is 0 Å². The van der Waals surface area contributed by atoms with E-state index in [2.05, 4.69) is 62.4 Å². The molecule has 0 aliphatic heterocycles. The molecule has 0 radical (unpaired) electrons. The molecule has 0 heterocycles. The van der Waals surface area contributed by atoms with Crippen molar-refractivity contribution in [3.8, 4) is 23.0 Å². The van der Waals surface area contributed by atoms with Gasteiger partial charge in [0.1, 0.15) is 23.0 Å². The first kappa shape index (κ1) is 44.1. The number of fused-ring (bicyclic) bond motifs is 2. The van der Waals surface area contributed by atoms with Crippen LogP contribution in [0.2, 0.25) is 0 Å². The lowest BCUT2D eigenvalue weighted by atomic mass is 9.82. The molecule has 0 aromatic heterocycles.